The molecule has 0 atom stereocenters. The maximum Gasteiger partial charge on any atom is 0.417 e. The molecule has 1 aliphatic rings. The summed E-state index contributed by atoms with van der Waals surface area (Å²) in [4.78, 5) is 23.7. The van der Waals surface area contributed by atoms with Crippen LogP contribution >= 0.6 is 0 Å². The molecule has 23 heavy (non-hydrogen) atoms. The van der Waals surface area contributed by atoms with Crippen molar-refractivity contribution in [2.45, 2.75) is 31.5 Å². The summed E-state index contributed by atoms with van der Waals surface area (Å²) in [6.45, 7) is 1.06. The fraction of sp³-hybridized carbons (Fsp3) is 0.500. The lowest BCUT2D eigenvalue weighted by Crippen LogP contribution is -2.54. The minimum absolute atomic E-state index is 0.0802. The number of aliphatic hydroxyl groups is 1. The van der Waals surface area contributed by atoms with Crippen LogP contribution in [0.25, 0.3) is 0 Å². The first-order valence-electron chi connectivity index (χ1n) is 6.88. The quantitative estimate of drug-likeness (QED) is 0.666. The normalized spacial score (nSPS) is 17.9. The van der Waals surface area contributed by atoms with E-state index in [1.54, 1.807) is 6.92 Å². The van der Waals surface area contributed by atoms with Gasteiger partial charge in [-0.2, -0.15) is 13.2 Å². The number of aryl methyl sites for hydroxylation is 1. The van der Waals surface area contributed by atoms with Gasteiger partial charge in [-0.15, -0.1) is 0 Å². The van der Waals surface area contributed by atoms with Gasteiger partial charge in [0.25, 0.3) is 11.6 Å². The van der Waals surface area contributed by atoms with Crippen molar-refractivity contribution in [3.8, 4) is 0 Å². The van der Waals surface area contributed by atoms with E-state index in [9.17, 15) is 33.2 Å². The second-order valence-corrected chi connectivity index (χ2v) is 5.58. The molecule has 126 valence electrons. The van der Waals surface area contributed by atoms with Gasteiger partial charge in [0, 0.05) is 43.6 Å². The smallest absolute Gasteiger partial charge is 0.380 e. The minimum Gasteiger partial charge on any atom is -0.380 e. The van der Waals surface area contributed by atoms with Crippen LogP contribution in [0.1, 0.15) is 28.8 Å². The Bertz CT molecular complexity index is 637. The van der Waals surface area contributed by atoms with Crippen LogP contribution in [-0.2, 0) is 0 Å². The number of hydrogen-bond donors (Lipinski definition) is 1. The number of carbonyl (C=O) groups is 1. The summed E-state index contributed by atoms with van der Waals surface area (Å²) in [5.74, 6) is -0.574. The van der Waals surface area contributed by atoms with Gasteiger partial charge in [-0.05, 0) is 12.5 Å². The van der Waals surface area contributed by atoms with Crippen LogP contribution in [-0.4, -0.2) is 45.7 Å². The summed E-state index contributed by atoms with van der Waals surface area (Å²) >= 11 is 0. The maximum absolute atomic E-state index is 12.8. The number of piperidine rings is 1. The zero-order valence-electron chi connectivity index (χ0n) is 12.3. The molecule has 1 aromatic rings. The first-order valence-corrected chi connectivity index (χ1v) is 6.88. The van der Waals surface area contributed by atoms with E-state index < -0.39 is 35.4 Å². The molecule has 0 bridgehead atoms. The summed E-state index contributed by atoms with van der Waals surface area (Å²) in [6, 6.07) is 3.79. The number of nitro groups is 1. The Kier molecular flexibility index (Phi) is 4.34. The van der Waals surface area contributed by atoms with E-state index in [1.165, 1.54) is 17.0 Å². The highest BCUT2D eigenvalue weighted by molar-refractivity contribution is 5.96. The molecule has 1 saturated heterocycles. The van der Waals surface area contributed by atoms with Crippen LogP contribution in [0.2, 0.25) is 0 Å². The van der Waals surface area contributed by atoms with Gasteiger partial charge in [-0.25, -0.2) is 0 Å². The number of amides is 1. The summed E-state index contributed by atoms with van der Waals surface area (Å²) < 4.78 is 38.3. The van der Waals surface area contributed by atoms with Crippen LogP contribution in [0.5, 0.6) is 0 Å². The molecule has 2 rings (SSSR count). The molecule has 0 aliphatic carbocycles. The molecule has 0 unspecified atom stereocenters. The average molecular weight is 332 g/mol. The number of nitro benzene ring substituents is 1. The first-order chi connectivity index (χ1) is 10.5. The van der Waals surface area contributed by atoms with Crippen molar-refractivity contribution in [3.63, 3.8) is 0 Å². The molecule has 0 saturated carbocycles. The number of likely N-dealkylation sites (tertiary alicyclic amines) is 1. The summed E-state index contributed by atoms with van der Waals surface area (Å²) in [7, 11) is 0. The fourth-order valence-corrected chi connectivity index (χ4v) is 2.49. The Morgan fingerprint density at radius 3 is 2.39 bits per heavy atom. The Morgan fingerprint density at radius 2 is 1.91 bits per heavy atom. The van der Waals surface area contributed by atoms with Gasteiger partial charge in [0.1, 0.15) is 0 Å². The van der Waals surface area contributed by atoms with E-state index in [2.05, 4.69) is 0 Å². The second-order valence-electron chi connectivity index (χ2n) is 5.58. The number of rotatable bonds is 2. The van der Waals surface area contributed by atoms with E-state index in [1.807, 2.05) is 0 Å². The lowest BCUT2D eigenvalue weighted by atomic mass is 9.90. The summed E-state index contributed by atoms with van der Waals surface area (Å²) in [6.07, 6.45) is -5.98. The third-order valence-corrected chi connectivity index (χ3v) is 4.07. The standard InChI is InChI=1S/C14H15F3N2O4/c1-9-2-3-10(19(22)23)8-11(9)12(20)18-6-4-13(21,5-7-18)14(15,16)17/h2-3,8,21H,4-7H2,1H3. The van der Waals surface area contributed by atoms with Gasteiger partial charge in [0.2, 0.25) is 0 Å². The van der Waals surface area contributed by atoms with Gasteiger partial charge in [0.15, 0.2) is 5.60 Å². The van der Waals surface area contributed by atoms with E-state index >= 15 is 0 Å². The number of halogens is 3. The van der Waals surface area contributed by atoms with Crippen LogP contribution in [0.4, 0.5) is 18.9 Å². The SMILES string of the molecule is Cc1ccc([N+](=O)[O-])cc1C(=O)N1CCC(O)(C(F)(F)F)CC1. The molecule has 0 radical (unpaired) electrons. The van der Waals surface area contributed by atoms with Crippen LogP contribution in [0.3, 0.4) is 0 Å². The Hall–Kier alpha value is -2.16. The third-order valence-electron chi connectivity index (χ3n) is 4.07. The second kappa shape index (κ2) is 5.80. The summed E-state index contributed by atoms with van der Waals surface area (Å²) in [5, 5.41) is 20.4. The molecule has 1 aliphatic heterocycles. The highest BCUT2D eigenvalue weighted by Crippen LogP contribution is 2.38. The van der Waals surface area contributed by atoms with Gasteiger partial charge >= 0.3 is 6.18 Å². The van der Waals surface area contributed by atoms with Crippen molar-refractivity contribution in [3.05, 3.63) is 39.4 Å². The van der Waals surface area contributed by atoms with Crippen molar-refractivity contribution in [1.82, 2.24) is 4.90 Å². The van der Waals surface area contributed by atoms with Crippen molar-refractivity contribution >= 4 is 11.6 Å². The van der Waals surface area contributed by atoms with Gasteiger partial charge in [0.05, 0.1) is 4.92 Å². The highest BCUT2D eigenvalue weighted by atomic mass is 19.4. The van der Waals surface area contributed by atoms with E-state index in [0.717, 1.165) is 6.07 Å². The molecule has 1 heterocycles. The van der Waals surface area contributed by atoms with Gasteiger partial charge < -0.3 is 10.0 Å². The zero-order valence-corrected chi connectivity index (χ0v) is 12.3. The molecular weight excluding hydrogens is 317 g/mol. The van der Waals surface area contributed by atoms with E-state index in [-0.39, 0.29) is 24.3 Å². The fourth-order valence-electron chi connectivity index (χ4n) is 2.49. The molecule has 6 nitrogen and oxygen atoms in total. The lowest BCUT2D eigenvalue weighted by Gasteiger charge is -2.39. The van der Waals surface area contributed by atoms with Crippen LogP contribution in [0, 0.1) is 17.0 Å². The predicted octanol–water partition coefficient (Wildman–Crippen LogP) is 2.43. The first kappa shape index (κ1) is 17.2. The molecule has 9 heteroatoms. The van der Waals surface area contributed by atoms with E-state index in [0.29, 0.717) is 5.56 Å². The largest absolute Gasteiger partial charge is 0.417 e. The number of carbonyl (C=O) groups excluding carboxylic acids is 1. The van der Waals surface area contributed by atoms with E-state index in [4.69, 9.17) is 0 Å². The monoisotopic (exact) mass is 332 g/mol. The molecule has 0 aromatic heterocycles. The number of nitrogens with zero attached hydrogens (tertiary/aromatic N) is 2. The van der Waals surface area contributed by atoms with Crippen molar-refractivity contribution in [1.29, 1.82) is 0 Å². The van der Waals surface area contributed by atoms with Crippen molar-refractivity contribution < 1.29 is 28.0 Å². The highest BCUT2D eigenvalue weighted by Gasteiger charge is 2.54. The molecule has 1 N–H and O–H groups in total. The number of alkyl halides is 3. The van der Waals surface area contributed by atoms with Gasteiger partial charge in [-0.3, -0.25) is 14.9 Å². The minimum atomic E-state index is -4.75. The average Bonchev–Trinajstić information content (AvgIpc) is 2.46. The van der Waals surface area contributed by atoms with Crippen molar-refractivity contribution in [2.75, 3.05) is 13.1 Å². The predicted molar refractivity (Wildman–Crippen MR) is 74.0 cm³/mol. The molecule has 1 amide bonds. The lowest BCUT2D eigenvalue weighted by molar-refractivity contribution is -0.384. The number of benzene rings is 1. The Morgan fingerprint density at radius 1 is 1.35 bits per heavy atom. The van der Waals surface area contributed by atoms with Crippen LogP contribution in [0.15, 0.2) is 18.2 Å². The molecule has 0 spiro atoms. The van der Waals surface area contributed by atoms with Gasteiger partial charge in [-0.1, -0.05) is 6.07 Å². The zero-order chi connectivity index (χ0) is 17.4. The molecule has 1 aromatic carbocycles. The maximum atomic E-state index is 12.8. The third kappa shape index (κ3) is 3.29. The number of non-ortho nitro benzene ring substituents is 1. The van der Waals surface area contributed by atoms with Crippen molar-refractivity contribution in [2.24, 2.45) is 0 Å². The molecular formula is C14H15F3N2O4. The summed E-state index contributed by atoms with van der Waals surface area (Å²) in [5.41, 5.74) is -2.47. The number of hydrogen-bond acceptors (Lipinski definition) is 4. The Balaban J connectivity index is 2.18. The van der Waals surface area contributed by atoms with Crippen LogP contribution < -0.4 is 0 Å². The topological polar surface area (TPSA) is 83.7 Å². The Labute approximate surface area is 129 Å². The molecule has 1 fully saturated rings.